The molecule has 0 aliphatic heterocycles. The monoisotopic (exact) mass is 591 g/mol. The molecule has 1 heterocycles. The molecule has 4 rings (SSSR count). The molecule has 0 spiro atoms. The van der Waals surface area contributed by atoms with Crippen LogP contribution < -0.4 is 15.3 Å². The number of carbonyl (C=O) groups is 1. The molecular weight excluding hydrogens is 578 g/mol. The Morgan fingerprint density at radius 3 is 2.34 bits per heavy atom. The first-order chi connectivity index (χ1) is 17.0. The Bertz CT molecular complexity index is 1410. The molecule has 0 fully saturated rings. The number of halogens is 2. The van der Waals surface area contributed by atoms with Crippen molar-refractivity contribution in [1.82, 2.24) is 9.97 Å². The van der Waals surface area contributed by atoms with Crippen LogP contribution in [0.4, 0.5) is 33.6 Å². The Labute approximate surface area is 217 Å². The highest BCUT2D eigenvalue weighted by Crippen LogP contribution is 2.35. The summed E-state index contributed by atoms with van der Waals surface area (Å²) in [5.41, 5.74) is 2.13. The highest BCUT2D eigenvalue weighted by molar-refractivity contribution is 9.10. The van der Waals surface area contributed by atoms with Gasteiger partial charge in [-0.1, -0.05) is 28.1 Å². The molecule has 0 saturated heterocycles. The number of hydrogen-bond donors (Lipinski definition) is 1. The van der Waals surface area contributed by atoms with E-state index in [1.807, 2.05) is 0 Å². The summed E-state index contributed by atoms with van der Waals surface area (Å²) in [6.45, 7) is 0. The molecule has 0 atom stereocenters. The van der Waals surface area contributed by atoms with Crippen LogP contribution in [0.25, 0.3) is 0 Å². The van der Waals surface area contributed by atoms with Crippen LogP contribution >= 0.6 is 31.9 Å². The minimum absolute atomic E-state index is 0.243. The lowest BCUT2D eigenvalue weighted by molar-refractivity contribution is 0.254. The lowest BCUT2D eigenvalue weighted by Gasteiger charge is -2.34. The zero-order valence-electron chi connectivity index (χ0n) is 17.8. The molecule has 11 heteroatoms. The number of benzene rings is 3. The fourth-order valence-electron chi connectivity index (χ4n) is 3.18. The second kappa shape index (κ2) is 10.9. The van der Waals surface area contributed by atoms with E-state index in [-0.39, 0.29) is 5.95 Å². The van der Waals surface area contributed by atoms with Crippen LogP contribution in [-0.4, -0.2) is 16.0 Å². The maximum absolute atomic E-state index is 12.8. The van der Waals surface area contributed by atoms with Crippen LogP contribution in [0, 0.1) is 16.2 Å². The van der Waals surface area contributed by atoms with Gasteiger partial charge in [0.15, 0.2) is 5.82 Å². The SMILES string of the molecule is N#Cc1ccc(Nc2nccc(N(c3ccc(Br)cc3)N(C(=O)N=O)c3ccccc3Br)n2)cc1. The van der Waals surface area contributed by atoms with Crippen molar-refractivity contribution in [1.29, 1.82) is 5.26 Å². The van der Waals surface area contributed by atoms with Crippen LogP contribution in [0.15, 0.2) is 99.2 Å². The Hall–Kier alpha value is -4.14. The molecule has 3 aromatic carbocycles. The molecule has 0 unspecified atom stereocenters. The Kier molecular flexibility index (Phi) is 7.45. The number of nitrogens with zero attached hydrogens (tertiary/aromatic N) is 6. The summed E-state index contributed by atoms with van der Waals surface area (Å²) in [5.74, 6) is 0.541. The van der Waals surface area contributed by atoms with E-state index in [0.29, 0.717) is 32.9 Å². The molecule has 9 nitrogen and oxygen atoms in total. The highest BCUT2D eigenvalue weighted by Gasteiger charge is 2.29. The van der Waals surface area contributed by atoms with E-state index >= 15 is 0 Å². The van der Waals surface area contributed by atoms with Crippen molar-refractivity contribution in [3.63, 3.8) is 0 Å². The number of rotatable bonds is 6. The quantitative estimate of drug-likeness (QED) is 0.188. The average molecular weight is 593 g/mol. The number of nitrogens with one attached hydrogen (secondary N) is 1. The molecule has 0 radical (unpaired) electrons. The maximum atomic E-state index is 12.8. The summed E-state index contributed by atoms with van der Waals surface area (Å²) in [4.78, 5) is 33.1. The number of hydrazine groups is 1. The minimum atomic E-state index is -1.04. The zero-order valence-corrected chi connectivity index (χ0v) is 21.0. The van der Waals surface area contributed by atoms with E-state index in [4.69, 9.17) is 5.26 Å². The summed E-state index contributed by atoms with van der Waals surface area (Å²) in [6, 6.07) is 23.5. The Morgan fingerprint density at radius 1 is 0.971 bits per heavy atom. The van der Waals surface area contributed by atoms with Gasteiger partial charge in [0, 0.05) is 32.1 Å². The lowest BCUT2D eigenvalue weighted by atomic mass is 10.2. The molecule has 172 valence electrons. The normalized spacial score (nSPS) is 10.2. The Balaban J connectivity index is 1.82. The summed E-state index contributed by atoms with van der Waals surface area (Å²) >= 11 is 6.87. The molecule has 0 saturated carbocycles. The summed E-state index contributed by atoms with van der Waals surface area (Å²) in [7, 11) is 0. The van der Waals surface area contributed by atoms with E-state index in [1.54, 1.807) is 78.9 Å². The van der Waals surface area contributed by atoms with Crippen molar-refractivity contribution in [2.45, 2.75) is 0 Å². The third kappa shape index (κ3) is 5.51. The number of aromatic nitrogens is 2. The first kappa shape index (κ1) is 24.0. The van der Waals surface area contributed by atoms with Gasteiger partial charge in [0.05, 0.1) is 23.0 Å². The average Bonchev–Trinajstić information content (AvgIpc) is 2.89. The number of nitriles is 1. The number of anilines is 5. The third-order valence-corrected chi connectivity index (χ3v) is 5.94. The zero-order chi connectivity index (χ0) is 24.8. The second-order valence-electron chi connectivity index (χ2n) is 6.98. The van der Waals surface area contributed by atoms with Crippen LogP contribution in [0.5, 0.6) is 0 Å². The van der Waals surface area contributed by atoms with Crippen molar-refractivity contribution >= 4 is 66.7 Å². The summed E-state index contributed by atoms with van der Waals surface area (Å²) in [5, 5.41) is 17.4. The van der Waals surface area contributed by atoms with Gasteiger partial charge in [-0.15, -0.1) is 4.91 Å². The van der Waals surface area contributed by atoms with Crippen LogP contribution in [0.3, 0.4) is 0 Å². The van der Waals surface area contributed by atoms with Crippen molar-refractivity contribution < 1.29 is 4.79 Å². The smallest absolute Gasteiger partial charge is 0.324 e. The molecule has 1 aromatic heterocycles. The standard InChI is InChI=1S/C24H15Br2N7O2/c25-17-7-11-19(12-8-17)32(33(24(34)31-35)21-4-2-1-3-20(21)26)22-13-14-28-23(30-22)29-18-9-5-16(15-27)6-10-18/h1-14H,(H,28,29,30). The number of urea groups is 1. The molecule has 0 aliphatic rings. The first-order valence-electron chi connectivity index (χ1n) is 10.1. The number of hydrogen-bond acceptors (Lipinski definition) is 7. The van der Waals surface area contributed by atoms with E-state index in [2.05, 4.69) is 58.4 Å². The second-order valence-corrected chi connectivity index (χ2v) is 8.75. The first-order valence-corrected chi connectivity index (χ1v) is 11.7. The van der Waals surface area contributed by atoms with Crippen molar-refractivity contribution in [2.75, 3.05) is 15.3 Å². The minimum Gasteiger partial charge on any atom is -0.324 e. The van der Waals surface area contributed by atoms with Gasteiger partial charge >= 0.3 is 6.03 Å². The van der Waals surface area contributed by atoms with E-state index in [9.17, 15) is 9.70 Å². The van der Waals surface area contributed by atoms with Crippen molar-refractivity contribution in [3.8, 4) is 6.07 Å². The molecule has 1 N–H and O–H groups in total. The van der Waals surface area contributed by atoms with Crippen molar-refractivity contribution in [2.24, 2.45) is 5.18 Å². The number of para-hydroxylation sites is 1. The molecule has 4 aromatic rings. The van der Waals surface area contributed by atoms with Gasteiger partial charge in [0.1, 0.15) is 0 Å². The van der Waals surface area contributed by atoms with Crippen LogP contribution in [0.2, 0.25) is 0 Å². The third-order valence-electron chi connectivity index (χ3n) is 4.74. The van der Waals surface area contributed by atoms with Crippen molar-refractivity contribution in [3.05, 3.63) is 104 Å². The molecule has 2 amide bonds. The fraction of sp³-hybridized carbons (Fsp3) is 0. The van der Waals surface area contributed by atoms with Crippen LogP contribution in [0.1, 0.15) is 5.56 Å². The van der Waals surface area contributed by atoms with E-state index in [1.165, 1.54) is 11.2 Å². The largest absolute Gasteiger partial charge is 0.404 e. The van der Waals surface area contributed by atoms with Crippen LogP contribution in [-0.2, 0) is 0 Å². The molecule has 35 heavy (non-hydrogen) atoms. The van der Waals surface area contributed by atoms with Gasteiger partial charge in [-0.3, -0.25) is 0 Å². The summed E-state index contributed by atoms with van der Waals surface area (Å²) in [6.07, 6.45) is 1.53. The summed E-state index contributed by atoms with van der Waals surface area (Å²) < 4.78 is 1.41. The van der Waals surface area contributed by atoms with E-state index in [0.717, 1.165) is 9.48 Å². The van der Waals surface area contributed by atoms with Gasteiger partial charge in [0.2, 0.25) is 5.95 Å². The van der Waals surface area contributed by atoms with Gasteiger partial charge in [-0.25, -0.2) is 14.8 Å². The van der Waals surface area contributed by atoms with Gasteiger partial charge < -0.3 is 5.32 Å². The number of amides is 2. The maximum Gasteiger partial charge on any atom is 0.404 e. The predicted octanol–water partition coefficient (Wildman–Crippen LogP) is 7.06. The van der Waals surface area contributed by atoms with Gasteiger partial charge in [0.25, 0.3) is 0 Å². The molecule has 0 bridgehead atoms. The fourth-order valence-corrected chi connectivity index (χ4v) is 3.89. The topological polar surface area (TPSA) is 115 Å². The van der Waals surface area contributed by atoms with E-state index < -0.39 is 6.03 Å². The highest BCUT2D eigenvalue weighted by atomic mass is 79.9. The lowest BCUT2D eigenvalue weighted by Crippen LogP contribution is -2.43. The Morgan fingerprint density at radius 2 is 1.69 bits per heavy atom. The van der Waals surface area contributed by atoms with Gasteiger partial charge in [-0.2, -0.15) is 15.3 Å². The molecular formula is C24H15Br2N7O2. The number of nitroso groups, excluding NO2 is 1. The number of carbonyl (C=O) groups excluding carboxylic acids is 1. The predicted molar refractivity (Wildman–Crippen MR) is 141 cm³/mol. The molecule has 0 aliphatic carbocycles. The van der Waals surface area contributed by atoms with Gasteiger partial charge in [-0.05, 0) is 76.6 Å².